The summed E-state index contributed by atoms with van der Waals surface area (Å²) in [6.45, 7) is 7.18. The Balaban J connectivity index is 1.91. The van der Waals surface area contributed by atoms with Crippen molar-refractivity contribution in [2.75, 3.05) is 12.3 Å². The number of fused-ring (bicyclic) bond motifs is 1. The summed E-state index contributed by atoms with van der Waals surface area (Å²) >= 11 is 1.97. The molecule has 106 valence electrons. The lowest BCUT2D eigenvalue weighted by atomic mass is 9.89. The van der Waals surface area contributed by atoms with E-state index in [9.17, 15) is 5.11 Å². The first-order valence-electron chi connectivity index (χ1n) is 7.03. The predicted molar refractivity (Wildman–Crippen MR) is 83.4 cm³/mol. The fraction of sp³-hybridized carbons (Fsp3) is 0.625. The summed E-state index contributed by atoms with van der Waals surface area (Å²) in [6.07, 6.45) is 0.570. The van der Waals surface area contributed by atoms with Crippen molar-refractivity contribution in [3.05, 3.63) is 35.4 Å². The fourth-order valence-electron chi connectivity index (χ4n) is 2.61. The Kier molecular flexibility index (Phi) is 4.93. The Morgan fingerprint density at radius 3 is 2.84 bits per heavy atom. The first-order chi connectivity index (χ1) is 8.96. The molecule has 0 saturated heterocycles. The van der Waals surface area contributed by atoms with Crippen LogP contribution in [0.4, 0.5) is 0 Å². The number of rotatable bonds is 4. The monoisotopic (exact) mass is 279 g/mol. The Hall–Kier alpha value is -0.510. The molecule has 0 bridgehead atoms. The van der Waals surface area contributed by atoms with E-state index < -0.39 is 0 Å². The minimum absolute atomic E-state index is 0.181. The van der Waals surface area contributed by atoms with Crippen LogP contribution in [-0.2, 0) is 5.75 Å². The number of hydrogen-bond donors (Lipinski definition) is 2. The molecule has 1 aromatic rings. The maximum atomic E-state index is 10.1. The molecule has 0 aromatic heterocycles. The summed E-state index contributed by atoms with van der Waals surface area (Å²) in [6, 6.07) is 9.01. The minimum atomic E-state index is -0.265. The van der Waals surface area contributed by atoms with Crippen LogP contribution in [0.25, 0.3) is 0 Å². The third-order valence-electron chi connectivity index (χ3n) is 3.42. The predicted octanol–water partition coefficient (Wildman–Crippen LogP) is 3.36. The molecule has 2 atom stereocenters. The van der Waals surface area contributed by atoms with Gasteiger partial charge < -0.3 is 10.4 Å². The lowest BCUT2D eigenvalue weighted by Gasteiger charge is -2.28. The average molecular weight is 279 g/mol. The van der Waals surface area contributed by atoms with Gasteiger partial charge in [0, 0.05) is 24.1 Å². The number of hydrogen-bond acceptors (Lipinski definition) is 3. The Morgan fingerprint density at radius 1 is 1.37 bits per heavy atom. The van der Waals surface area contributed by atoms with Crippen molar-refractivity contribution in [2.45, 2.75) is 45.1 Å². The van der Waals surface area contributed by atoms with E-state index >= 15 is 0 Å². The maximum absolute atomic E-state index is 10.1. The third-order valence-corrected chi connectivity index (χ3v) is 4.50. The van der Waals surface area contributed by atoms with Crippen molar-refractivity contribution in [2.24, 2.45) is 5.41 Å². The molecule has 0 saturated carbocycles. The second kappa shape index (κ2) is 6.29. The Labute approximate surface area is 121 Å². The summed E-state index contributed by atoms with van der Waals surface area (Å²) in [5.74, 6) is 2.21. The van der Waals surface area contributed by atoms with Crippen molar-refractivity contribution in [3.63, 3.8) is 0 Å². The van der Waals surface area contributed by atoms with Crippen LogP contribution in [0.15, 0.2) is 24.3 Å². The highest BCUT2D eigenvalue weighted by Gasteiger charge is 2.22. The van der Waals surface area contributed by atoms with Crippen LogP contribution in [-0.4, -0.2) is 23.5 Å². The van der Waals surface area contributed by atoms with Gasteiger partial charge in [-0.05, 0) is 23.0 Å². The smallest absolute Gasteiger partial charge is 0.0669 e. The highest BCUT2D eigenvalue weighted by atomic mass is 32.2. The summed E-state index contributed by atoms with van der Waals surface area (Å²) < 4.78 is 0. The fourth-order valence-corrected chi connectivity index (χ4v) is 3.74. The van der Waals surface area contributed by atoms with E-state index in [1.807, 2.05) is 11.8 Å². The van der Waals surface area contributed by atoms with Crippen LogP contribution >= 0.6 is 11.8 Å². The average Bonchev–Trinajstić information content (AvgIpc) is 2.34. The van der Waals surface area contributed by atoms with E-state index in [0.29, 0.717) is 12.6 Å². The lowest BCUT2D eigenvalue weighted by Crippen LogP contribution is -2.35. The van der Waals surface area contributed by atoms with Gasteiger partial charge in [-0.15, -0.1) is 0 Å². The van der Waals surface area contributed by atoms with Gasteiger partial charge in [-0.2, -0.15) is 11.8 Å². The highest BCUT2D eigenvalue weighted by molar-refractivity contribution is 7.98. The van der Waals surface area contributed by atoms with Crippen molar-refractivity contribution >= 4 is 11.8 Å². The largest absolute Gasteiger partial charge is 0.392 e. The van der Waals surface area contributed by atoms with Gasteiger partial charge in [-0.1, -0.05) is 45.0 Å². The van der Waals surface area contributed by atoms with Crippen molar-refractivity contribution in [3.8, 4) is 0 Å². The molecule has 2 nitrogen and oxygen atoms in total. The summed E-state index contributed by atoms with van der Waals surface area (Å²) in [5, 5.41) is 13.6. The van der Waals surface area contributed by atoms with Gasteiger partial charge in [-0.25, -0.2) is 0 Å². The summed E-state index contributed by atoms with van der Waals surface area (Å²) in [5.41, 5.74) is 3.02. The first kappa shape index (κ1) is 14.9. The molecule has 2 N–H and O–H groups in total. The van der Waals surface area contributed by atoms with Gasteiger partial charge in [0.05, 0.1) is 6.10 Å². The van der Waals surface area contributed by atoms with E-state index in [1.54, 1.807) is 0 Å². The van der Waals surface area contributed by atoms with Crippen LogP contribution in [0.1, 0.15) is 44.4 Å². The second-order valence-corrected chi connectivity index (χ2v) is 7.62. The van der Waals surface area contributed by atoms with Gasteiger partial charge in [0.25, 0.3) is 0 Å². The molecule has 0 amide bonds. The van der Waals surface area contributed by atoms with Crippen molar-refractivity contribution in [1.82, 2.24) is 5.32 Å². The van der Waals surface area contributed by atoms with E-state index in [0.717, 1.165) is 17.9 Å². The normalized spacial score (nSPS) is 20.9. The van der Waals surface area contributed by atoms with E-state index in [-0.39, 0.29) is 11.5 Å². The molecule has 1 heterocycles. The zero-order chi connectivity index (χ0) is 13.9. The molecule has 1 aliphatic heterocycles. The van der Waals surface area contributed by atoms with Crippen LogP contribution in [0.5, 0.6) is 0 Å². The standard InChI is InChI=1S/C16H25NOS/c1-16(2,3)8-13(18)9-17-15-11-19-10-12-6-4-5-7-14(12)15/h4-7,13,15,17-18H,8-11H2,1-3H3. The molecule has 2 unspecified atom stereocenters. The van der Waals surface area contributed by atoms with Crippen molar-refractivity contribution < 1.29 is 5.11 Å². The molecule has 1 aliphatic rings. The minimum Gasteiger partial charge on any atom is -0.392 e. The highest BCUT2D eigenvalue weighted by Crippen LogP contribution is 2.31. The molecule has 0 radical (unpaired) electrons. The quantitative estimate of drug-likeness (QED) is 0.886. The van der Waals surface area contributed by atoms with Crippen LogP contribution in [0.3, 0.4) is 0 Å². The zero-order valence-electron chi connectivity index (χ0n) is 12.1. The molecule has 19 heavy (non-hydrogen) atoms. The van der Waals surface area contributed by atoms with Crippen LogP contribution in [0.2, 0.25) is 0 Å². The Morgan fingerprint density at radius 2 is 2.11 bits per heavy atom. The molecular weight excluding hydrogens is 254 g/mol. The number of nitrogens with one attached hydrogen (secondary N) is 1. The van der Waals surface area contributed by atoms with E-state index in [4.69, 9.17) is 0 Å². The molecular formula is C16H25NOS. The van der Waals surface area contributed by atoms with Gasteiger partial charge in [0.1, 0.15) is 0 Å². The third kappa shape index (κ3) is 4.51. The molecule has 3 heteroatoms. The maximum Gasteiger partial charge on any atom is 0.0669 e. The zero-order valence-corrected chi connectivity index (χ0v) is 13.0. The van der Waals surface area contributed by atoms with Crippen LogP contribution < -0.4 is 5.32 Å². The molecule has 0 aliphatic carbocycles. The van der Waals surface area contributed by atoms with E-state index in [1.165, 1.54) is 11.1 Å². The molecule has 0 spiro atoms. The van der Waals surface area contributed by atoms with Crippen molar-refractivity contribution in [1.29, 1.82) is 0 Å². The summed E-state index contributed by atoms with van der Waals surface area (Å²) in [4.78, 5) is 0. The van der Waals surface area contributed by atoms with Gasteiger partial charge in [0.15, 0.2) is 0 Å². The van der Waals surface area contributed by atoms with Gasteiger partial charge >= 0.3 is 0 Å². The number of aliphatic hydroxyl groups excluding tert-OH is 1. The molecule has 1 aromatic carbocycles. The Bertz CT molecular complexity index is 413. The lowest BCUT2D eigenvalue weighted by molar-refractivity contribution is 0.117. The first-order valence-corrected chi connectivity index (χ1v) is 8.18. The van der Waals surface area contributed by atoms with Gasteiger partial charge in [-0.3, -0.25) is 0 Å². The molecule has 0 fully saturated rings. The topological polar surface area (TPSA) is 32.3 Å². The number of benzene rings is 1. The molecule has 2 rings (SSSR count). The summed E-state index contributed by atoms with van der Waals surface area (Å²) in [7, 11) is 0. The van der Waals surface area contributed by atoms with E-state index in [2.05, 4.69) is 50.4 Å². The SMILES string of the molecule is CC(C)(C)CC(O)CNC1CSCc2ccccc21. The number of aliphatic hydroxyl groups is 1. The number of thioether (sulfide) groups is 1. The van der Waals surface area contributed by atoms with Gasteiger partial charge in [0.2, 0.25) is 0 Å². The van der Waals surface area contributed by atoms with Crippen LogP contribution in [0, 0.1) is 5.41 Å². The second-order valence-electron chi connectivity index (χ2n) is 6.59.